The number of aliphatic hydroxyl groups is 1. The first kappa shape index (κ1) is 14.0. The van der Waals surface area contributed by atoms with Crippen molar-refractivity contribution in [2.75, 3.05) is 26.2 Å². The number of rotatable bonds is 7. The summed E-state index contributed by atoms with van der Waals surface area (Å²) in [5, 5.41) is 9.87. The van der Waals surface area contributed by atoms with Crippen molar-refractivity contribution in [1.82, 2.24) is 4.90 Å². The van der Waals surface area contributed by atoms with Crippen LogP contribution in [0, 0.1) is 6.92 Å². The molecule has 3 heteroatoms. The van der Waals surface area contributed by atoms with Crippen molar-refractivity contribution >= 4 is 0 Å². The van der Waals surface area contributed by atoms with Crippen LogP contribution < -0.4 is 4.74 Å². The lowest BCUT2D eigenvalue weighted by Gasteiger charge is -2.22. The van der Waals surface area contributed by atoms with E-state index in [1.165, 1.54) is 0 Å². The Balaban J connectivity index is 2.38. The average molecular weight is 237 g/mol. The maximum absolute atomic E-state index is 9.87. The Kier molecular flexibility index (Phi) is 6.01. The molecular formula is C14H23NO2. The first-order chi connectivity index (χ1) is 8.17. The molecule has 96 valence electrons. The Morgan fingerprint density at radius 2 is 1.88 bits per heavy atom. The van der Waals surface area contributed by atoms with Gasteiger partial charge in [-0.3, -0.25) is 0 Å². The van der Waals surface area contributed by atoms with E-state index in [-0.39, 0.29) is 0 Å². The number of ether oxygens (including phenoxy) is 1. The van der Waals surface area contributed by atoms with E-state index in [0.717, 1.165) is 24.4 Å². The van der Waals surface area contributed by atoms with Crippen LogP contribution in [-0.4, -0.2) is 42.4 Å². The minimum atomic E-state index is -0.436. The summed E-state index contributed by atoms with van der Waals surface area (Å²) >= 11 is 0. The normalized spacial score (nSPS) is 12.8. The van der Waals surface area contributed by atoms with Crippen LogP contribution in [-0.2, 0) is 0 Å². The highest BCUT2D eigenvalue weighted by molar-refractivity contribution is 5.31. The van der Waals surface area contributed by atoms with Gasteiger partial charge in [0.15, 0.2) is 0 Å². The molecule has 0 spiro atoms. The van der Waals surface area contributed by atoms with E-state index in [1.807, 2.05) is 31.2 Å². The SMILES string of the molecule is CCN(CC)CC(O)COc1ccccc1C. The monoisotopic (exact) mass is 237 g/mol. The fourth-order valence-electron chi connectivity index (χ4n) is 1.74. The Labute approximate surface area is 104 Å². The van der Waals surface area contributed by atoms with E-state index in [1.54, 1.807) is 0 Å². The third-order valence-electron chi connectivity index (χ3n) is 2.89. The van der Waals surface area contributed by atoms with Crippen LogP contribution in [0.5, 0.6) is 5.75 Å². The summed E-state index contributed by atoms with van der Waals surface area (Å²) in [4.78, 5) is 2.19. The molecule has 1 aromatic carbocycles. The highest BCUT2D eigenvalue weighted by Gasteiger charge is 2.10. The Bertz CT molecular complexity index is 324. The average Bonchev–Trinajstić information content (AvgIpc) is 2.35. The van der Waals surface area contributed by atoms with Crippen LogP contribution in [0.2, 0.25) is 0 Å². The fourth-order valence-corrected chi connectivity index (χ4v) is 1.74. The van der Waals surface area contributed by atoms with Gasteiger partial charge in [0.05, 0.1) is 0 Å². The summed E-state index contributed by atoms with van der Waals surface area (Å²) in [6.45, 7) is 9.12. The molecule has 0 aromatic heterocycles. The molecular weight excluding hydrogens is 214 g/mol. The molecule has 0 heterocycles. The Morgan fingerprint density at radius 1 is 1.24 bits per heavy atom. The van der Waals surface area contributed by atoms with E-state index in [2.05, 4.69) is 18.7 Å². The molecule has 0 aliphatic rings. The summed E-state index contributed by atoms with van der Waals surface area (Å²) in [6.07, 6.45) is -0.436. The van der Waals surface area contributed by atoms with Crippen molar-refractivity contribution in [3.05, 3.63) is 29.8 Å². The molecule has 17 heavy (non-hydrogen) atoms. The van der Waals surface area contributed by atoms with Gasteiger partial charge in [0, 0.05) is 6.54 Å². The van der Waals surface area contributed by atoms with Gasteiger partial charge in [-0.15, -0.1) is 0 Å². The van der Waals surface area contributed by atoms with Gasteiger partial charge in [0.25, 0.3) is 0 Å². The minimum Gasteiger partial charge on any atom is -0.491 e. The van der Waals surface area contributed by atoms with E-state index in [9.17, 15) is 5.11 Å². The predicted molar refractivity (Wildman–Crippen MR) is 70.5 cm³/mol. The zero-order chi connectivity index (χ0) is 12.7. The van der Waals surface area contributed by atoms with E-state index in [4.69, 9.17) is 4.74 Å². The molecule has 1 unspecified atom stereocenters. The molecule has 0 saturated carbocycles. The number of hydrogen-bond acceptors (Lipinski definition) is 3. The second kappa shape index (κ2) is 7.30. The molecule has 0 amide bonds. The van der Waals surface area contributed by atoms with Crippen molar-refractivity contribution in [3.63, 3.8) is 0 Å². The molecule has 0 fully saturated rings. The number of benzene rings is 1. The highest BCUT2D eigenvalue weighted by Crippen LogP contribution is 2.16. The van der Waals surface area contributed by atoms with Gasteiger partial charge in [0.1, 0.15) is 18.5 Å². The molecule has 1 atom stereocenters. The van der Waals surface area contributed by atoms with Crippen molar-refractivity contribution in [2.45, 2.75) is 26.9 Å². The van der Waals surface area contributed by atoms with Crippen molar-refractivity contribution in [3.8, 4) is 5.75 Å². The van der Waals surface area contributed by atoms with Crippen LogP contribution in [0.3, 0.4) is 0 Å². The Morgan fingerprint density at radius 3 is 2.47 bits per heavy atom. The second-order valence-electron chi connectivity index (χ2n) is 4.22. The molecule has 1 aromatic rings. The summed E-state index contributed by atoms with van der Waals surface area (Å²) in [5.41, 5.74) is 1.10. The van der Waals surface area contributed by atoms with E-state index >= 15 is 0 Å². The summed E-state index contributed by atoms with van der Waals surface area (Å²) in [6, 6.07) is 7.86. The molecule has 0 saturated heterocycles. The third kappa shape index (κ3) is 4.75. The molecule has 0 aliphatic carbocycles. The number of likely N-dealkylation sites (N-methyl/N-ethyl adjacent to an activating group) is 1. The number of aryl methyl sites for hydroxylation is 1. The lowest BCUT2D eigenvalue weighted by molar-refractivity contribution is 0.0714. The van der Waals surface area contributed by atoms with Crippen LogP contribution in [0.15, 0.2) is 24.3 Å². The van der Waals surface area contributed by atoms with Crippen LogP contribution >= 0.6 is 0 Å². The first-order valence-electron chi connectivity index (χ1n) is 6.26. The van der Waals surface area contributed by atoms with Gasteiger partial charge in [-0.05, 0) is 31.6 Å². The number of nitrogens with zero attached hydrogens (tertiary/aromatic N) is 1. The zero-order valence-corrected chi connectivity index (χ0v) is 11.0. The van der Waals surface area contributed by atoms with Gasteiger partial charge in [-0.1, -0.05) is 32.0 Å². The molecule has 0 bridgehead atoms. The topological polar surface area (TPSA) is 32.7 Å². The van der Waals surface area contributed by atoms with Gasteiger partial charge in [-0.2, -0.15) is 0 Å². The van der Waals surface area contributed by atoms with Crippen LogP contribution in [0.1, 0.15) is 19.4 Å². The van der Waals surface area contributed by atoms with Gasteiger partial charge >= 0.3 is 0 Å². The second-order valence-corrected chi connectivity index (χ2v) is 4.22. The van der Waals surface area contributed by atoms with E-state index in [0.29, 0.717) is 13.2 Å². The van der Waals surface area contributed by atoms with Crippen LogP contribution in [0.25, 0.3) is 0 Å². The standard InChI is InChI=1S/C14H23NO2/c1-4-15(5-2)10-13(16)11-17-14-9-7-6-8-12(14)3/h6-9,13,16H,4-5,10-11H2,1-3H3. The van der Waals surface area contributed by atoms with Crippen molar-refractivity contribution in [1.29, 1.82) is 0 Å². The largest absolute Gasteiger partial charge is 0.491 e. The highest BCUT2D eigenvalue weighted by atomic mass is 16.5. The minimum absolute atomic E-state index is 0.349. The fraction of sp³-hybridized carbons (Fsp3) is 0.571. The van der Waals surface area contributed by atoms with Crippen molar-refractivity contribution in [2.24, 2.45) is 0 Å². The molecule has 1 N–H and O–H groups in total. The molecule has 0 aliphatic heterocycles. The quantitative estimate of drug-likeness (QED) is 0.788. The maximum atomic E-state index is 9.87. The summed E-state index contributed by atoms with van der Waals surface area (Å²) in [5.74, 6) is 0.853. The number of para-hydroxylation sites is 1. The van der Waals surface area contributed by atoms with E-state index < -0.39 is 6.10 Å². The van der Waals surface area contributed by atoms with Gasteiger partial charge < -0.3 is 14.7 Å². The summed E-state index contributed by atoms with van der Waals surface area (Å²) in [7, 11) is 0. The smallest absolute Gasteiger partial charge is 0.122 e. The Hall–Kier alpha value is -1.06. The number of hydrogen-bond donors (Lipinski definition) is 1. The maximum Gasteiger partial charge on any atom is 0.122 e. The molecule has 1 rings (SSSR count). The van der Waals surface area contributed by atoms with Gasteiger partial charge in [0.2, 0.25) is 0 Å². The van der Waals surface area contributed by atoms with Crippen molar-refractivity contribution < 1.29 is 9.84 Å². The first-order valence-corrected chi connectivity index (χ1v) is 6.26. The lowest BCUT2D eigenvalue weighted by atomic mass is 10.2. The molecule has 0 radical (unpaired) electrons. The number of aliphatic hydroxyl groups excluding tert-OH is 1. The zero-order valence-electron chi connectivity index (χ0n) is 11.0. The van der Waals surface area contributed by atoms with Gasteiger partial charge in [-0.25, -0.2) is 0 Å². The predicted octanol–water partition coefficient (Wildman–Crippen LogP) is 2.08. The lowest BCUT2D eigenvalue weighted by Crippen LogP contribution is -2.35. The summed E-state index contributed by atoms with van der Waals surface area (Å²) < 4.78 is 5.61. The molecule has 3 nitrogen and oxygen atoms in total. The van der Waals surface area contributed by atoms with Crippen LogP contribution in [0.4, 0.5) is 0 Å². The third-order valence-corrected chi connectivity index (χ3v) is 2.89.